The quantitative estimate of drug-likeness (QED) is 0.223. The zero-order valence-electron chi connectivity index (χ0n) is 23.3. The number of rotatable bonds is 10. The highest BCUT2D eigenvalue weighted by Gasteiger charge is 2.29. The number of carboxylic acids is 1. The maximum Gasteiger partial charge on any atom is 0.320 e. The van der Waals surface area contributed by atoms with Crippen molar-refractivity contribution in [3.63, 3.8) is 0 Å². The number of nitrogens with zero attached hydrogens (tertiary/aromatic N) is 4. The van der Waals surface area contributed by atoms with Crippen LogP contribution in [0.1, 0.15) is 47.1 Å². The molecule has 214 valence electrons. The maximum absolute atomic E-state index is 11.9. The third-order valence-corrected chi connectivity index (χ3v) is 7.83. The van der Waals surface area contributed by atoms with Crippen molar-refractivity contribution in [2.45, 2.75) is 52.0 Å². The van der Waals surface area contributed by atoms with Crippen LogP contribution in [0.5, 0.6) is 11.5 Å². The predicted octanol–water partition coefficient (Wildman–Crippen LogP) is 6.57. The van der Waals surface area contributed by atoms with Crippen molar-refractivity contribution in [3.8, 4) is 28.7 Å². The molecule has 1 N–H and O–H groups in total. The highest BCUT2D eigenvalue weighted by atomic mass is 35.5. The van der Waals surface area contributed by atoms with E-state index < -0.39 is 12.0 Å². The molecule has 1 saturated heterocycles. The average Bonchev–Trinajstić information content (AvgIpc) is 3.01. The first-order valence-corrected chi connectivity index (χ1v) is 14.2. The molecule has 9 heteroatoms. The lowest BCUT2D eigenvalue weighted by Crippen LogP contribution is -2.44. The van der Waals surface area contributed by atoms with Gasteiger partial charge in [-0.15, -0.1) is 0 Å². The van der Waals surface area contributed by atoms with Crippen molar-refractivity contribution in [3.05, 3.63) is 106 Å². The topological polar surface area (TPSA) is 109 Å². The summed E-state index contributed by atoms with van der Waals surface area (Å²) in [7, 11) is 0. The maximum atomic E-state index is 11.9. The molecule has 42 heavy (non-hydrogen) atoms. The Bertz CT molecular complexity index is 1610. The van der Waals surface area contributed by atoms with Crippen LogP contribution in [-0.4, -0.2) is 38.5 Å². The first-order chi connectivity index (χ1) is 20.4. The highest BCUT2D eigenvalue weighted by Crippen LogP contribution is 2.36. The van der Waals surface area contributed by atoms with Gasteiger partial charge in [-0.1, -0.05) is 48.4 Å². The Morgan fingerprint density at radius 1 is 1.05 bits per heavy atom. The van der Waals surface area contributed by atoms with Crippen LogP contribution in [0.2, 0.25) is 5.02 Å². The van der Waals surface area contributed by atoms with Gasteiger partial charge < -0.3 is 14.6 Å². The van der Waals surface area contributed by atoms with E-state index in [1.54, 1.807) is 36.7 Å². The number of hydrogen-bond acceptors (Lipinski definition) is 7. The molecule has 1 fully saturated rings. The molecule has 8 nitrogen and oxygen atoms in total. The van der Waals surface area contributed by atoms with Crippen LogP contribution in [0.4, 0.5) is 0 Å². The second-order valence-electron chi connectivity index (χ2n) is 10.3. The van der Waals surface area contributed by atoms with Gasteiger partial charge in [0, 0.05) is 36.1 Å². The SMILES string of the molecule is Cc1c(COc2cc(OCc3cccc(C#N)c3)c(CN3CCCC[C@H]3C(=O)O)cc2Cl)cccc1-c1cncnc1. The predicted molar refractivity (Wildman–Crippen MR) is 159 cm³/mol. The van der Waals surface area contributed by atoms with Gasteiger partial charge in [-0.3, -0.25) is 9.69 Å². The molecule has 0 amide bonds. The summed E-state index contributed by atoms with van der Waals surface area (Å²) in [5, 5.41) is 19.5. The lowest BCUT2D eigenvalue weighted by atomic mass is 9.99. The summed E-state index contributed by atoms with van der Waals surface area (Å²) in [4.78, 5) is 22.2. The van der Waals surface area contributed by atoms with Crippen LogP contribution in [0, 0.1) is 18.3 Å². The van der Waals surface area contributed by atoms with Gasteiger partial charge in [-0.05, 0) is 66.8 Å². The molecular formula is C33H31ClN4O4. The molecular weight excluding hydrogens is 552 g/mol. The Labute approximate surface area is 250 Å². The summed E-state index contributed by atoms with van der Waals surface area (Å²) in [5.74, 6) is 0.192. The first kappa shape index (κ1) is 29.1. The normalized spacial score (nSPS) is 15.1. The minimum absolute atomic E-state index is 0.228. The van der Waals surface area contributed by atoms with Crippen molar-refractivity contribution in [2.24, 2.45) is 0 Å². The van der Waals surface area contributed by atoms with E-state index in [2.05, 4.69) is 16.0 Å². The molecule has 1 atom stereocenters. The van der Waals surface area contributed by atoms with Gasteiger partial charge in [0.15, 0.2) is 0 Å². The van der Waals surface area contributed by atoms with Gasteiger partial charge in [0.25, 0.3) is 0 Å². The van der Waals surface area contributed by atoms with Crippen LogP contribution < -0.4 is 9.47 Å². The summed E-state index contributed by atoms with van der Waals surface area (Å²) < 4.78 is 12.5. The van der Waals surface area contributed by atoms with E-state index in [1.807, 2.05) is 42.2 Å². The van der Waals surface area contributed by atoms with E-state index in [1.165, 1.54) is 6.33 Å². The highest BCUT2D eigenvalue weighted by molar-refractivity contribution is 6.32. The Morgan fingerprint density at radius 2 is 1.83 bits per heavy atom. The van der Waals surface area contributed by atoms with Gasteiger partial charge >= 0.3 is 5.97 Å². The average molecular weight is 583 g/mol. The number of likely N-dealkylation sites (tertiary alicyclic amines) is 1. The lowest BCUT2D eigenvalue weighted by molar-refractivity contribution is -0.144. The minimum Gasteiger partial charge on any atom is -0.488 e. The van der Waals surface area contributed by atoms with E-state index in [0.29, 0.717) is 41.6 Å². The minimum atomic E-state index is -0.823. The smallest absolute Gasteiger partial charge is 0.320 e. The Balaban J connectivity index is 1.41. The number of benzene rings is 3. The molecule has 2 heterocycles. The molecule has 1 aliphatic heterocycles. The Morgan fingerprint density at radius 3 is 2.62 bits per heavy atom. The molecule has 3 aromatic carbocycles. The fraction of sp³-hybridized carbons (Fsp3) is 0.273. The third kappa shape index (κ3) is 6.88. The number of ether oxygens (including phenoxy) is 2. The Kier molecular flexibility index (Phi) is 9.32. The van der Waals surface area contributed by atoms with E-state index in [9.17, 15) is 15.2 Å². The summed E-state index contributed by atoms with van der Waals surface area (Å²) in [6.45, 7) is 3.60. The van der Waals surface area contributed by atoms with Gasteiger partial charge in [0.2, 0.25) is 0 Å². The van der Waals surface area contributed by atoms with Crippen LogP contribution in [0.3, 0.4) is 0 Å². The number of aromatic nitrogens is 2. The first-order valence-electron chi connectivity index (χ1n) is 13.8. The second kappa shape index (κ2) is 13.5. The number of aliphatic carboxylic acids is 1. The van der Waals surface area contributed by atoms with Gasteiger partial charge in [-0.2, -0.15) is 5.26 Å². The molecule has 0 unspecified atom stereocenters. The van der Waals surface area contributed by atoms with Crippen molar-refractivity contribution < 1.29 is 19.4 Å². The van der Waals surface area contributed by atoms with Gasteiger partial charge in [0.05, 0.1) is 16.7 Å². The summed E-state index contributed by atoms with van der Waals surface area (Å²) >= 11 is 6.74. The number of halogens is 1. The monoisotopic (exact) mass is 582 g/mol. The summed E-state index contributed by atoms with van der Waals surface area (Å²) in [6, 6.07) is 18.4. The van der Waals surface area contributed by atoms with Crippen LogP contribution >= 0.6 is 11.6 Å². The van der Waals surface area contributed by atoms with E-state index in [-0.39, 0.29) is 13.2 Å². The van der Waals surface area contributed by atoms with Gasteiger partial charge in [-0.25, -0.2) is 9.97 Å². The van der Waals surface area contributed by atoms with Crippen molar-refractivity contribution in [1.82, 2.24) is 14.9 Å². The van der Waals surface area contributed by atoms with Crippen LogP contribution in [0.25, 0.3) is 11.1 Å². The zero-order valence-corrected chi connectivity index (χ0v) is 24.1. The lowest BCUT2D eigenvalue weighted by Gasteiger charge is -2.33. The van der Waals surface area contributed by atoms with Crippen molar-refractivity contribution >= 4 is 17.6 Å². The van der Waals surface area contributed by atoms with Crippen LogP contribution in [-0.2, 0) is 24.6 Å². The number of nitriles is 1. The number of piperidine rings is 1. The molecule has 4 aromatic rings. The number of carbonyl (C=O) groups is 1. The molecule has 0 aliphatic carbocycles. The molecule has 5 rings (SSSR count). The molecule has 0 bridgehead atoms. The Hall–Kier alpha value is -4.45. The molecule has 0 spiro atoms. The van der Waals surface area contributed by atoms with E-state index in [4.69, 9.17) is 21.1 Å². The molecule has 1 aromatic heterocycles. The fourth-order valence-electron chi connectivity index (χ4n) is 5.26. The standard InChI is InChI=1S/C33H31ClN4O4/c1-22-25(8-5-9-28(22)27-16-36-21-37-17-27)20-42-32-14-31(41-19-24-7-4-6-23(12-24)15-35)26(13-29(32)34)18-38-11-3-2-10-30(38)33(39)40/h4-9,12-14,16-17,21,30H,2-3,10-11,18-20H2,1H3,(H,39,40)/t30-/m0/s1. The van der Waals surface area contributed by atoms with Crippen LogP contribution in [0.15, 0.2) is 73.3 Å². The molecule has 1 aliphatic rings. The zero-order chi connectivity index (χ0) is 29.5. The number of hydrogen-bond donors (Lipinski definition) is 1. The molecule has 0 radical (unpaired) electrons. The third-order valence-electron chi connectivity index (χ3n) is 7.54. The number of carboxylic acid groups (broad SMARTS) is 1. The summed E-state index contributed by atoms with van der Waals surface area (Å²) in [5.41, 5.74) is 6.16. The second-order valence-corrected chi connectivity index (χ2v) is 10.7. The van der Waals surface area contributed by atoms with Crippen molar-refractivity contribution in [1.29, 1.82) is 5.26 Å². The van der Waals surface area contributed by atoms with E-state index in [0.717, 1.165) is 46.2 Å². The van der Waals surface area contributed by atoms with Gasteiger partial charge in [0.1, 0.15) is 37.1 Å². The summed E-state index contributed by atoms with van der Waals surface area (Å²) in [6.07, 6.45) is 7.49. The van der Waals surface area contributed by atoms with E-state index >= 15 is 0 Å². The van der Waals surface area contributed by atoms with Crippen molar-refractivity contribution in [2.75, 3.05) is 6.54 Å². The largest absolute Gasteiger partial charge is 0.488 e. The molecule has 0 saturated carbocycles. The fourth-order valence-corrected chi connectivity index (χ4v) is 5.50.